The van der Waals surface area contributed by atoms with E-state index in [9.17, 15) is 15.0 Å². The molecule has 0 unspecified atom stereocenters. The van der Waals surface area contributed by atoms with Gasteiger partial charge in [0.25, 0.3) is 0 Å². The number of hydrogen-bond acceptors (Lipinski definition) is 7. The number of hydrogen-bond donors (Lipinski definition) is 3. The number of fused-ring (bicyclic) bond motifs is 1. The van der Waals surface area contributed by atoms with Gasteiger partial charge in [-0.2, -0.15) is 0 Å². The molecule has 0 saturated carbocycles. The van der Waals surface area contributed by atoms with Crippen LogP contribution in [0.4, 0.5) is 4.39 Å². The number of aliphatic hydroxyl groups is 2. The van der Waals surface area contributed by atoms with Crippen molar-refractivity contribution in [1.29, 1.82) is 0 Å². The van der Waals surface area contributed by atoms with E-state index in [1.165, 1.54) is 0 Å². The third-order valence-electron chi connectivity index (χ3n) is 7.45. The molecule has 0 radical (unpaired) electrons. The Morgan fingerprint density at radius 2 is 1.88 bits per heavy atom. The van der Waals surface area contributed by atoms with Crippen LogP contribution in [-0.4, -0.2) is 59.4 Å². The van der Waals surface area contributed by atoms with Crippen LogP contribution in [0.25, 0.3) is 11.1 Å². The standard InChI is InChI=1S/C31H33FO8/c1-17-8-28(40-15-23-11-25(33)26(34)16-38-23)31(32)18(2)30(17)20-5-3-4-19(9-20)13-37-22-6-7-24-21(10-29(35)36)14-39-27(24)12-22/h3-9,12,21,23,25-26,33-34H,10-11,13-16H2,1-2H3,(H,35,36)/t21-,23+,25-,26+/m1/s1. The van der Waals surface area contributed by atoms with Gasteiger partial charge < -0.3 is 34.3 Å². The van der Waals surface area contributed by atoms with Gasteiger partial charge in [-0.3, -0.25) is 4.79 Å². The van der Waals surface area contributed by atoms with Crippen LogP contribution in [0.3, 0.4) is 0 Å². The number of carboxylic acid groups (broad SMARTS) is 1. The largest absolute Gasteiger partial charge is 0.492 e. The number of benzene rings is 3. The number of ether oxygens (including phenoxy) is 4. The molecule has 3 aromatic carbocycles. The molecule has 1 fully saturated rings. The molecule has 0 aliphatic carbocycles. The van der Waals surface area contributed by atoms with E-state index in [-0.39, 0.29) is 44.3 Å². The Balaban J connectivity index is 1.26. The third-order valence-corrected chi connectivity index (χ3v) is 7.45. The number of aliphatic carboxylic acids is 1. The molecule has 0 bridgehead atoms. The van der Waals surface area contributed by atoms with Crippen LogP contribution >= 0.6 is 0 Å². The van der Waals surface area contributed by atoms with Crippen molar-refractivity contribution in [3.63, 3.8) is 0 Å². The molecule has 3 aromatic rings. The lowest BCUT2D eigenvalue weighted by Gasteiger charge is -2.30. The summed E-state index contributed by atoms with van der Waals surface area (Å²) in [7, 11) is 0. The average molecular weight is 553 g/mol. The average Bonchev–Trinajstić information content (AvgIpc) is 3.32. The van der Waals surface area contributed by atoms with E-state index in [1.54, 1.807) is 19.1 Å². The Hall–Kier alpha value is -3.66. The summed E-state index contributed by atoms with van der Waals surface area (Å²) in [6.07, 6.45) is -1.99. The molecule has 40 heavy (non-hydrogen) atoms. The highest BCUT2D eigenvalue weighted by Crippen LogP contribution is 2.39. The maximum Gasteiger partial charge on any atom is 0.304 e. The minimum absolute atomic E-state index is 0.0161. The lowest BCUT2D eigenvalue weighted by atomic mass is 9.94. The molecule has 0 amide bonds. The fourth-order valence-electron chi connectivity index (χ4n) is 5.32. The van der Waals surface area contributed by atoms with Crippen LogP contribution in [0.2, 0.25) is 0 Å². The molecule has 9 heteroatoms. The zero-order valence-corrected chi connectivity index (χ0v) is 22.4. The maximum atomic E-state index is 15.4. The van der Waals surface area contributed by atoms with Gasteiger partial charge >= 0.3 is 5.97 Å². The second-order valence-corrected chi connectivity index (χ2v) is 10.4. The number of aryl methyl sites for hydroxylation is 1. The Morgan fingerprint density at radius 1 is 1.05 bits per heavy atom. The third kappa shape index (κ3) is 6.06. The van der Waals surface area contributed by atoms with E-state index in [4.69, 9.17) is 24.1 Å². The normalized spacial score (nSPS) is 21.9. The van der Waals surface area contributed by atoms with Crippen molar-refractivity contribution < 1.29 is 43.5 Å². The number of carbonyl (C=O) groups is 1. The topological polar surface area (TPSA) is 115 Å². The lowest BCUT2D eigenvalue weighted by Crippen LogP contribution is -2.43. The van der Waals surface area contributed by atoms with Crippen LogP contribution in [0.1, 0.15) is 41.0 Å². The highest BCUT2D eigenvalue weighted by atomic mass is 19.1. The smallest absolute Gasteiger partial charge is 0.304 e. The SMILES string of the molecule is Cc1cc(OC[C@@H]2C[C@@H](O)[C@@H](O)CO2)c(F)c(C)c1-c1cccc(COc2ccc3c(c2)OC[C@H]3CC(=O)O)c1. The van der Waals surface area contributed by atoms with Crippen LogP contribution in [0.5, 0.6) is 17.2 Å². The second kappa shape index (κ2) is 11.8. The van der Waals surface area contributed by atoms with Gasteiger partial charge in [0.2, 0.25) is 0 Å². The van der Waals surface area contributed by atoms with E-state index in [1.807, 2.05) is 43.3 Å². The quantitative estimate of drug-likeness (QED) is 0.355. The summed E-state index contributed by atoms with van der Waals surface area (Å²) >= 11 is 0. The predicted octanol–water partition coefficient (Wildman–Crippen LogP) is 4.53. The molecule has 2 heterocycles. The Labute approximate surface area is 231 Å². The molecule has 0 spiro atoms. The molecule has 1 saturated heterocycles. The maximum absolute atomic E-state index is 15.4. The molecule has 3 N–H and O–H groups in total. The number of aliphatic hydroxyl groups excluding tert-OH is 2. The van der Waals surface area contributed by atoms with Crippen molar-refractivity contribution in [1.82, 2.24) is 0 Å². The van der Waals surface area contributed by atoms with Crippen molar-refractivity contribution in [2.75, 3.05) is 19.8 Å². The van der Waals surface area contributed by atoms with E-state index < -0.39 is 30.1 Å². The van der Waals surface area contributed by atoms with Crippen molar-refractivity contribution in [3.8, 4) is 28.4 Å². The molecular weight excluding hydrogens is 519 g/mol. The highest BCUT2D eigenvalue weighted by molar-refractivity contribution is 5.73. The van der Waals surface area contributed by atoms with Crippen molar-refractivity contribution in [3.05, 3.63) is 76.6 Å². The molecular formula is C31H33FO8. The zero-order chi connectivity index (χ0) is 28.4. The first-order valence-corrected chi connectivity index (χ1v) is 13.3. The van der Waals surface area contributed by atoms with E-state index >= 15 is 4.39 Å². The first-order valence-electron chi connectivity index (χ1n) is 13.3. The summed E-state index contributed by atoms with van der Waals surface area (Å²) in [6, 6.07) is 14.8. The molecule has 2 aliphatic heterocycles. The van der Waals surface area contributed by atoms with Crippen LogP contribution < -0.4 is 14.2 Å². The van der Waals surface area contributed by atoms with E-state index in [0.717, 1.165) is 27.8 Å². The second-order valence-electron chi connectivity index (χ2n) is 10.4. The monoisotopic (exact) mass is 552 g/mol. The van der Waals surface area contributed by atoms with Crippen molar-refractivity contribution in [2.45, 2.75) is 57.5 Å². The summed E-state index contributed by atoms with van der Waals surface area (Å²) in [5.41, 5.74) is 4.70. The van der Waals surface area contributed by atoms with Gasteiger partial charge in [-0.1, -0.05) is 24.3 Å². The fourth-order valence-corrected chi connectivity index (χ4v) is 5.32. The van der Waals surface area contributed by atoms with Gasteiger partial charge in [-0.15, -0.1) is 0 Å². The Bertz CT molecular complexity index is 1390. The molecule has 0 aromatic heterocycles. The molecule has 5 rings (SSSR count). The molecule has 212 valence electrons. The predicted molar refractivity (Wildman–Crippen MR) is 144 cm³/mol. The van der Waals surface area contributed by atoms with Gasteiger partial charge in [-0.25, -0.2) is 4.39 Å². The van der Waals surface area contributed by atoms with Gasteiger partial charge in [0, 0.05) is 24.0 Å². The minimum Gasteiger partial charge on any atom is -0.492 e. The first-order chi connectivity index (χ1) is 19.2. The number of carboxylic acids is 1. The van der Waals surface area contributed by atoms with Crippen LogP contribution in [0, 0.1) is 19.7 Å². The summed E-state index contributed by atoms with van der Waals surface area (Å²) in [6.45, 7) is 4.33. The number of halogens is 1. The van der Waals surface area contributed by atoms with Gasteiger partial charge in [-0.05, 0) is 59.9 Å². The number of rotatable bonds is 9. The van der Waals surface area contributed by atoms with E-state index in [2.05, 4.69) is 0 Å². The lowest BCUT2D eigenvalue weighted by molar-refractivity contribution is -0.137. The summed E-state index contributed by atoms with van der Waals surface area (Å²) in [5.74, 6) is -0.103. The first kappa shape index (κ1) is 27.9. The molecule has 2 aliphatic rings. The van der Waals surface area contributed by atoms with E-state index in [0.29, 0.717) is 23.7 Å². The van der Waals surface area contributed by atoms with Crippen LogP contribution in [0.15, 0.2) is 48.5 Å². The van der Waals surface area contributed by atoms with Crippen molar-refractivity contribution in [2.24, 2.45) is 0 Å². The summed E-state index contributed by atoms with van der Waals surface area (Å²) < 4.78 is 38.3. The summed E-state index contributed by atoms with van der Waals surface area (Å²) in [4.78, 5) is 11.1. The van der Waals surface area contributed by atoms with Gasteiger partial charge in [0.15, 0.2) is 11.6 Å². The van der Waals surface area contributed by atoms with Gasteiger partial charge in [0.1, 0.15) is 30.8 Å². The highest BCUT2D eigenvalue weighted by Gasteiger charge is 2.29. The van der Waals surface area contributed by atoms with Crippen molar-refractivity contribution >= 4 is 5.97 Å². The fraction of sp³-hybridized carbons (Fsp3) is 0.387. The van der Waals surface area contributed by atoms with Crippen LogP contribution in [-0.2, 0) is 16.1 Å². The molecule has 4 atom stereocenters. The minimum atomic E-state index is -0.918. The Kier molecular flexibility index (Phi) is 8.25. The van der Waals surface area contributed by atoms with Gasteiger partial charge in [0.05, 0.1) is 31.8 Å². The zero-order valence-electron chi connectivity index (χ0n) is 22.4. The Morgan fingerprint density at radius 3 is 2.65 bits per heavy atom. The summed E-state index contributed by atoms with van der Waals surface area (Å²) in [5, 5.41) is 28.6. The molecule has 8 nitrogen and oxygen atoms in total.